The second-order valence-corrected chi connectivity index (χ2v) is 10.3. The topological polar surface area (TPSA) is 96.0 Å². The number of hydrogen-bond donors (Lipinski definition) is 1. The number of amides is 2. The number of ether oxygens (including phenoxy) is 1. The third-order valence-electron chi connectivity index (χ3n) is 5.32. The first kappa shape index (κ1) is 27.2. The van der Waals surface area contributed by atoms with Crippen LogP contribution in [0.5, 0.6) is 5.75 Å². The standard InChI is InChI=1S/C25H35N3O5S/c1-6-23(25(30)26-19(2)3)27(16-15-20-11-8-7-9-12-20)24(29)18-28(34(5,31)32)21-13-10-14-22(17-21)33-4/h7-14,17,19,23H,6,15-16,18H2,1-5H3,(H,26,30)/t23-/m1/s1. The zero-order chi connectivity index (χ0) is 25.3. The number of carbonyl (C=O) groups excluding carboxylic acids is 2. The number of anilines is 1. The minimum absolute atomic E-state index is 0.0862. The zero-order valence-corrected chi connectivity index (χ0v) is 21.3. The summed E-state index contributed by atoms with van der Waals surface area (Å²) in [5.74, 6) is -0.233. The summed E-state index contributed by atoms with van der Waals surface area (Å²) in [6.07, 6.45) is 1.99. The fraction of sp³-hybridized carbons (Fsp3) is 0.440. The van der Waals surface area contributed by atoms with E-state index in [-0.39, 0.29) is 18.5 Å². The van der Waals surface area contributed by atoms with Crippen LogP contribution in [0.4, 0.5) is 5.69 Å². The quantitative estimate of drug-likeness (QED) is 0.495. The molecule has 0 saturated carbocycles. The molecule has 1 N–H and O–H groups in total. The summed E-state index contributed by atoms with van der Waals surface area (Å²) in [6.45, 7) is 5.41. The first-order valence-electron chi connectivity index (χ1n) is 11.3. The van der Waals surface area contributed by atoms with Crippen LogP contribution in [0.25, 0.3) is 0 Å². The van der Waals surface area contributed by atoms with E-state index < -0.39 is 28.5 Å². The second-order valence-electron chi connectivity index (χ2n) is 8.38. The molecule has 186 valence electrons. The highest BCUT2D eigenvalue weighted by Gasteiger charge is 2.31. The summed E-state index contributed by atoms with van der Waals surface area (Å²) in [5, 5.41) is 2.88. The van der Waals surface area contributed by atoms with Crippen molar-refractivity contribution in [3.8, 4) is 5.75 Å². The fourth-order valence-corrected chi connectivity index (χ4v) is 4.50. The smallest absolute Gasteiger partial charge is 0.244 e. The Bertz CT molecular complexity index is 1060. The molecular weight excluding hydrogens is 454 g/mol. The van der Waals surface area contributed by atoms with Gasteiger partial charge in [-0.3, -0.25) is 13.9 Å². The van der Waals surface area contributed by atoms with Crippen LogP contribution in [0.1, 0.15) is 32.8 Å². The molecule has 0 aliphatic heterocycles. The van der Waals surface area contributed by atoms with Gasteiger partial charge in [-0.05, 0) is 44.4 Å². The van der Waals surface area contributed by atoms with Gasteiger partial charge >= 0.3 is 0 Å². The minimum atomic E-state index is -3.78. The molecule has 0 unspecified atom stereocenters. The number of nitrogens with one attached hydrogen (secondary N) is 1. The van der Waals surface area contributed by atoms with Gasteiger partial charge in [0.1, 0.15) is 18.3 Å². The van der Waals surface area contributed by atoms with E-state index in [9.17, 15) is 18.0 Å². The van der Waals surface area contributed by atoms with Gasteiger partial charge in [0.2, 0.25) is 21.8 Å². The Morgan fingerprint density at radius 3 is 2.29 bits per heavy atom. The molecule has 0 fully saturated rings. The summed E-state index contributed by atoms with van der Waals surface area (Å²) < 4.78 is 31.5. The van der Waals surface area contributed by atoms with Crippen molar-refractivity contribution in [3.63, 3.8) is 0 Å². The van der Waals surface area contributed by atoms with Crippen molar-refractivity contribution in [3.05, 3.63) is 60.2 Å². The lowest BCUT2D eigenvalue weighted by atomic mass is 10.1. The maximum Gasteiger partial charge on any atom is 0.244 e. The summed E-state index contributed by atoms with van der Waals surface area (Å²) in [5.41, 5.74) is 1.34. The van der Waals surface area contributed by atoms with Gasteiger partial charge in [-0.25, -0.2) is 8.42 Å². The van der Waals surface area contributed by atoms with Crippen LogP contribution in [0, 0.1) is 0 Å². The molecule has 9 heteroatoms. The number of benzene rings is 2. The van der Waals surface area contributed by atoms with E-state index in [1.54, 1.807) is 24.3 Å². The molecule has 2 amide bonds. The molecule has 34 heavy (non-hydrogen) atoms. The molecule has 2 aromatic carbocycles. The average Bonchev–Trinajstić information content (AvgIpc) is 2.79. The van der Waals surface area contributed by atoms with E-state index in [0.29, 0.717) is 24.3 Å². The van der Waals surface area contributed by atoms with Gasteiger partial charge in [-0.1, -0.05) is 43.3 Å². The van der Waals surface area contributed by atoms with E-state index in [1.165, 1.54) is 12.0 Å². The maximum absolute atomic E-state index is 13.5. The molecule has 2 aromatic rings. The largest absolute Gasteiger partial charge is 0.497 e. The van der Waals surface area contributed by atoms with E-state index in [1.807, 2.05) is 51.1 Å². The van der Waals surface area contributed by atoms with Crippen LogP contribution in [0.2, 0.25) is 0 Å². The van der Waals surface area contributed by atoms with Crippen molar-refractivity contribution in [2.24, 2.45) is 0 Å². The molecule has 0 aliphatic carbocycles. The van der Waals surface area contributed by atoms with Gasteiger partial charge in [-0.2, -0.15) is 0 Å². The first-order chi connectivity index (χ1) is 16.1. The third-order valence-corrected chi connectivity index (χ3v) is 6.46. The highest BCUT2D eigenvalue weighted by molar-refractivity contribution is 7.92. The molecule has 1 atom stereocenters. The van der Waals surface area contributed by atoms with Crippen molar-refractivity contribution < 1.29 is 22.7 Å². The second kappa shape index (κ2) is 12.4. The van der Waals surface area contributed by atoms with Crippen molar-refractivity contribution in [1.29, 1.82) is 0 Å². The number of hydrogen-bond acceptors (Lipinski definition) is 5. The molecule has 0 spiro atoms. The average molecular weight is 490 g/mol. The van der Waals surface area contributed by atoms with Crippen LogP contribution in [-0.2, 0) is 26.0 Å². The van der Waals surface area contributed by atoms with Gasteiger partial charge in [0, 0.05) is 18.7 Å². The Kier molecular flexibility index (Phi) is 9.92. The molecular formula is C25H35N3O5S. The number of rotatable bonds is 12. The summed E-state index contributed by atoms with van der Waals surface area (Å²) in [6, 6.07) is 15.4. The van der Waals surface area contributed by atoms with E-state index in [4.69, 9.17) is 4.74 Å². The van der Waals surface area contributed by atoms with Crippen LogP contribution in [-0.4, -0.2) is 63.7 Å². The molecule has 0 saturated heterocycles. The van der Waals surface area contributed by atoms with Gasteiger partial charge in [-0.15, -0.1) is 0 Å². The van der Waals surface area contributed by atoms with Crippen LogP contribution >= 0.6 is 0 Å². The van der Waals surface area contributed by atoms with Crippen molar-refractivity contribution >= 4 is 27.5 Å². The van der Waals surface area contributed by atoms with Crippen molar-refractivity contribution in [2.75, 3.05) is 30.8 Å². The highest BCUT2D eigenvalue weighted by Crippen LogP contribution is 2.23. The molecule has 8 nitrogen and oxygen atoms in total. The highest BCUT2D eigenvalue weighted by atomic mass is 32.2. The molecule has 0 heterocycles. The Labute approximate surface area is 202 Å². The van der Waals surface area contributed by atoms with E-state index >= 15 is 0 Å². The lowest BCUT2D eigenvalue weighted by Crippen LogP contribution is -2.54. The van der Waals surface area contributed by atoms with Gasteiger partial charge in [0.25, 0.3) is 0 Å². The van der Waals surface area contributed by atoms with Crippen LogP contribution < -0.4 is 14.4 Å². The monoisotopic (exact) mass is 489 g/mol. The fourth-order valence-electron chi connectivity index (χ4n) is 3.66. The van der Waals surface area contributed by atoms with E-state index in [0.717, 1.165) is 16.1 Å². The van der Waals surface area contributed by atoms with Crippen LogP contribution in [0.3, 0.4) is 0 Å². The minimum Gasteiger partial charge on any atom is -0.497 e. The summed E-state index contributed by atoms with van der Waals surface area (Å²) >= 11 is 0. The van der Waals surface area contributed by atoms with E-state index in [2.05, 4.69) is 5.32 Å². The normalized spacial score (nSPS) is 12.2. The Morgan fingerprint density at radius 1 is 1.06 bits per heavy atom. The number of carbonyl (C=O) groups is 2. The van der Waals surface area contributed by atoms with Crippen molar-refractivity contribution in [2.45, 2.75) is 45.7 Å². The lowest BCUT2D eigenvalue weighted by Gasteiger charge is -2.33. The zero-order valence-electron chi connectivity index (χ0n) is 20.5. The number of nitrogens with zero attached hydrogens (tertiary/aromatic N) is 2. The lowest BCUT2D eigenvalue weighted by molar-refractivity contribution is -0.139. The Balaban J connectivity index is 2.37. The third kappa shape index (κ3) is 7.76. The predicted octanol–water partition coefficient (Wildman–Crippen LogP) is 2.84. The first-order valence-corrected chi connectivity index (χ1v) is 13.2. The van der Waals surface area contributed by atoms with Crippen molar-refractivity contribution in [1.82, 2.24) is 10.2 Å². The van der Waals surface area contributed by atoms with Crippen LogP contribution in [0.15, 0.2) is 54.6 Å². The molecule has 0 radical (unpaired) electrons. The molecule has 0 aliphatic rings. The maximum atomic E-state index is 13.5. The number of sulfonamides is 1. The van der Waals surface area contributed by atoms with Gasteiger partial charge in [0.05, 0.1) is 19.1 Å². The molecule has 2 rings (SSSR count). The SMILES string of the molecule is CC[C@H](C(=O)NC(C)C)N(CCc1ccccc1)C(=O)CN(c1cccc(OC)c1)S(C)(=O)=O. The van der Waals surface area contributed by atoms with Gasteiger partial charge < -0.3 is 15.0 Å². The van der Waals surface area contributed by atoms with Gasteiger partial charge in [0.15, 0.2) is 0 Å². The molecule has 0 aromatic heterocycles. The summed E-state index contributed by atoms with van der Waals surface area (Å²) in [7, 11) is -2.29. The molecule has 0 bridgehead atoms. The Hall–Kier alpha value is -3.07. The number of methoxy groups -OCH3 is 1. The Morgan fingerprint density at radius 2 is 1.74 bits per heavy atom. The summed E-state index contributed by atoms with van der Waals surface area (Å²) in [4.78, 5) is 28.0. The predicted molar refractivity (Wildman–Crippen MR) is 134 cm³/mol.